The van der Waals surface area contributed by atoms with Crippen LogP contribution in [0.5, 0.6) is 17.2 Å². The zero-order valence-electron chi connectivity index (χ0n) is 18.5. The molecule has 0 aliphatic rings. The van der Waals surface area contributed by atoms with Gasteiger partial charge >= 0.3 is 5.97 Å². The number of carbonyl (C=O) groups is 1. The number of aryl methyl sites for hydroxylation is 1. The summed E-state index contributed by atoms with van der Waals surface area (Å²) in [5.74, 6) is 1.75. The van der Waals surface area contributed by atoms with Crippen LogP contribution < -0.4 is 8.92 Å². The van der Waals surface area contributed by atoms with Crippen LogP contribution in [0.25, 0.3) is 0 Å². The number of carboxylic acid groups (broad SMARTS) is 1. The molecule has 0 aromatic heterocycles. The lowest BCUT2D eigenvalue weighted by atomic mass is 10.1. The predicted octanol–water partition coefficient (Wildman–Crippen LogP) is 5.64. The van der Waals surface area contributed by atoms with Crippen LogP contribution in [-0.2, 0) is 24.1 Å². The molecule has 0 saturated heterocycles. The molecule has 3 rings (SSSR count). The average molecular weight is 485 g/mol. The number of hydrogen-bond donors (Lipinski definition) is 2. The third-order valence-corrected chi connectivity index (χ3v) is 6.60. The van der Waals surface area contributed by atoms with Crippen LogP contribution in [0.1, 0.15) is 16.7 Å². The summed E-state index contributed by atoms with van der Waals surface area (Å²) in [6.45, 7) is 0.562. The van der Waals surface area contributed by atoms with Crippen LogP contribution in [0.15, 0.2) is 72.8 Å². The summed E-state index contributed by atoms with van der Waals surface area (Å²) < 4.78 is 11.1. The Kier molecular flexibility index (Phi) is 9.84. The summed E-state index contributed by atoms with van der Waals surface area (Å²) >= 11 is 2.75. The Morgan fingerprint density at radius 2 is 1.42 bits per heavy atom. The smallest absolute Gasteiger partial charge is 0.316 e. The van der Waals surface area contributed by atoms with Gasteiger partial charge in [-0.05, 0) is 71.7 Å². The lowest BCUT2D eigenvalue weighted by Gasteiger charge is -2.13. The topological polar surface area (TPSA) is 76.0 Å². The first-order chi connectivity index (χ1) is 16.0. The molecule has 0 aliphatic heterocycles. The normalized spacial score (nSPS) is 11.7. The van der Waals surface area contributed by atoms with E-state index in [2.05, 4.69) is 0 Å². The minimum absolute atomic E-state index is 0.236. The predicted molar refractivity (Wildman–Crippen MR) is 136 cm³/mol. The van der Waals surface area contributed by atoms with Crippen LogP contribution in [-0.4, -0.2) is 40.0 Å². The Labute approximate surface area is 203 Å². The highest BCUT2D eigenvalue weighted by Crippen LogP contribution is 2.21. The minimum Gasteiger partial charge on any atom is -0.508 e. The van der Waals surface area contributed by atoms with Crippen molar-refractivity contribution in [3.63, 3.8) is 0 Å². The minimum atomic E-state index is -0.794. The third-order valence-electron chi connectivity index (χ3n) is 5.03. The summed E-state index contributed by atoms with van der Waals surface area (Å²) in [4.78, 5) is 11.7. The lowest BCUT2D eigenvalue weighted by Crippen LogP contribution is -2.20. The molecule has 0 amide bonds. The quantitative estimate of drug-likeness (QED) is 0.304. The lowest BCUT2D eigenvalue weighted by molar-refractivity contribution is -0.136. The van der Waals surface area contributed by atoms with Crippen molar-refractivity contribution in [3.05, 3.63) is 89.5 Å². The summed E-state index contributed by atoms with van der Waals surface area (Å²) in [6.07, 6.45) is 3.89. The molecule has 5 nitrogen and oxygen atoms in total. The van der Waals surface area contributed by atoms with Crippen LogP contribution in [0.2, 0.25) is 0 Å². The monoisotopic (exact) mass is 484 g/mol. The molecule has 0 aliphatic carbocycles. The van der Waals surface area contributed by atoms with E-state index in [1.807, 2.05) is 66.9 Å². The second kappa shape index (κ2) is 13.1. The molecule has 7 heteroatoms. The van der Waals surface area contributed by atoms with Crippen LogP contribution >= 0.6 is 23.8 Å². The van der Waals surface area contributed by atoms with Crippen LogP contribution in [0.3, 0.4) is 0 Å². The van der Waals surface area contributed by atoms with E-state index in [4.69, 9.17) is 8.92 Å². The number of phenolic OH excluding ortho intramolecular Hbond substituents is 1. The SMILES string of the molecule is CSOc1ccc(OCCc2ccc(CC(SCCc3ccc(O)cc3)C(=O)O)cc2)cc1. The Morgan fingerprint density at radius 1 is 0.848 bits per heavy atom. The van der Waals surface area contributed by atoms with Gasteiger partial charge in [-0.1, -0.05) is 36.4 Å². The van der Waals surface area contributed by atoms with Crippen molar-refractivity contribution >= 4 is 29.8 Å². The van der Waals surface area contributed by atoms with Gasteiger partial charge in [-0.2, -0.15) is 0 Å². The van der Waals surface area contributed by atoms with E-state index in [1.54, 1.807) is 12.1 Å². The first-order valence-electron chi connectivity index (χ1n) is 10.7. The number of benzene rings is 3. The van der Waals surface area contributed by atoms with E-state index in [0.29, 0.717) is 18.8 Å². The molecule has 1 unspecified atom stereocenters. The number of aromatic hydroxyl groups is 1. The molecular formula is C26H28O5S2. The molecule has 0 spiro atoms. The van der Waals surface area contributed by atoms with Gasteiger partial charge in [0.15, 0.2) is 0 Å². The van der Waals surface area contributed by atoms with Crippen molar-refractivity contribution in [2.75, 3.05) is 18.6 Å². The zero-order chi connectivity index (χ0) is 23.5. The van der Waals surface area contributed by atoms with E-state index in [-0.39, 0.29) is 5.75 Å². The zero-order valence-corrected chi connectivity index (χ0v) is 20.1. The number of rotatable bonds is 13. The van der Waals surface area contributed by atoms with Crippen molar-refractivity contribution < 1.29 is 23.9 Å². The van der Waals surface area contributed by atoms with E-state index < -0.39 is 11.2 Å². The Balaban J connectivity index is 1.43. The van der Waals surface area contributed by atoms with Gasteiger partial charge in [0.25, 0.3) is 0 Å². The first-order valence-corrected chi connectivity index (χ1v) is 12.9. The molecule has 0 fully saturated rings. The number of aliphatic carboxylic acids is 1. The second-order valence-electron chi connectivity index (χ2n) is 7.45. The Morgan fingerprint density at radius 3 is 2.06 bits per heavy atom. The molecule has 2 N–H and O–H groups in total. The van der Waals surface area contributed by atoms with Gasteiger partial charge in [-0.15, -0.1) is 11.8 Å². The molecular weight excluding hydrogens is 456 g/mol. The Bertz CT molecular complexity index is 989. The van der Waals surface area contributed by atoms with Gasteiger partial charge in [0.1, 0.15) is 22.5 Å². The van der Waals surface area contributed by atoms with Crippen molar-refractivity contribution in [1.29, 1.82) is 0 Å². The maximum Gasteiger partial charge on any atom is 0.316 e. The fraction of sp³-hybridized carbons (Fsp3) is 0.269. The van der Waals surface area contributed by atoms with Gasteiger partial charge in [0.2, 0.25) is 0 Å². The average Bonchev–Trinajstić information content (AvgIpc) is 2.82. The fourth-order valence-corrected chi connectivity index (χ4v) is 4.62. The Hall–Kier alpha value is -2.77. The van der Waals surface area contributed by atoms with Crippen molar-refractivity contribution in [2.24, 2.45) is 0 Å². The van der Waals surface area contributed by atoms with E-state index in [0.717, 1.165) is 41.0 Å². The highest BCUT2D eigenvalue weighted by molar-refractivity contribution is 8.00. The fourth-order valence-electron chi connectivity index (χ4n) is 3.23. The number of thioether (sulfide) groups is 1. The van der Waals surface area contributed by atoms with Crippen LogP contribution in [0, 0.1) is 0 Å². The molecule has 0 heterocycles. The van der Waals surface area contributed by atoms with E-state index in [9.17, 15) is 15.0 Å². The largest absolute Gasteiger partial charge is 0.508 e. The number of ether oxygens (including phenoxy) is 1. The summed E-state index contributed by atoms with van der Waals surface area (Å²) in [7, 11) is 0. The second-order valence-corrected chi connectivity index (χ2v) is 9.27. The van der Waals surface area contributed by atoms with Crippen molar-refractivity contribution in [2.45, 2.75) is 24.5 Å². The molecule has 1 atom stereocenters. The van der Waals surface area contributed by atoms with Gasteiger partial charge in [-0.25, -0.2) is 0 Å². The van der Waals surface area contributed by atoms with Gasteiger partial charge < -0.3 is 19.1 Å². The molecule has 0 bridgehead atoms. The summed E-state index contributed by atoms with van der Waals surface area (Å²) in [5, 5.41) is 18.5. The molecule has 3 aromatic rings. The number of carboxylic acids is 1. The van der Waals surface area contributed by atoms with Crippen LogP contribution in [0.4, 0.5) is 0 Å². The molecule has 174 valence electrons. The highest BCUT2D eigenvalue weighted by Gasteiger charge is 2.18. The van der Waals surface area contributed by atoms with Gasteiger partial charge in [0.05, 0.1) is 18.6 Å². The number of hydrogen-bond acceptors (Lipinski definition) is 6. The summed E-state index contributed by atoms with van der Waals surface area (Å²) in [5.41, 5.74) is 3.24. The van der Waals surface area contributed by atoms with E-state index >= 15 is 0 Å². The van der Waals surface area contributed by atoms with Gasteiger partial charge in [-0.3, -0.25) is 4.79 Å². The standard InChI is InChI=1S/C26H28O5S2/c1-32-31-24-12-10-23(11-13-24)30-16-14-19-2-4-21(5-3-19)18-25(26(28)29)33-17-15-20-6-8-22(27)9-7-20/h2-13,25,27H,14-18H2,1H3,(H,28,29). The maximum atomic E-state index is 11.7. The maximum absolute atomic E-state index is 11.7. The van der Waals surface area contributed by atoms with Crippen molar-refractivity contribution in [3.8, 4) is 17.2 Å². The molecule has 0 radical (unpaired) electrons. The van der Waals surface area contributed by atoms with E-state index in [1.165, 1.54) is 23.8 Å². The van der Waals surface area contributed by atoms with Crippen molar-refractivity contribution in [1.82, 2.24) is 0 Å². The molecule has 3 aromatic carbocycles. The van der Waals surface area contributed by atoms with Gasteiger partial charge in [0, 0.05) is 12.7 Å². The number of phenols is 1. The molecule has 33 heavy (non-hydrogen) atoms. The first kappa shape index (κ1) is 24.9. The third kappa shape index (κ3) is 8.59. The molecule has 0 saturated carbocycles. The highest BCUT2D eigenvalue weighted by atomic mass is 32.2. The summed E-state index contributed by atoms with van der Waals surface area (Å²) in [6, 6.07) is 22.6.